The first-order valence-electron chi connectivity index (χ1n) is 4.62. The number of nitrogens with zero attached hydrogens (tertiary/aromatic N) is 1. The van der Waals surface area contributed by atoms with E-state index >= 15 is 0 Å². The van der Waals surface area contributed by atoms with E-state index in [4.69, 9.17) is 10.00 Å². The van der Waals surface area contributed by atoms with Gasteiger partial charge in [-0.15, -0.1) is 0 Å². The number of ether oxygens (including phenoxy) is 1. The molecular weight excluding hydrogens is 322 g/mol. The Hall–Kier alpha value is -0.530. The van der Waals surface area contributed by atoms with Crippen molar-refractivity contribution < 1.29 is 4.74 Å². The molecule has 0 fully saturated rings. The number of benzene rings is 1. The van der Waals surface area contributed by atoms with Crippen molar-refractivity contribution in [2.45, 2.75) is 18.2 Å². The van der Waals surface area contributed by atoms with Crippen LogP contribution in [0.15, 0.2) is 22.7 Å². The van der Waals surface area contributed by atoms with Gasteiger partial charge in [-0.2, -0.15) is 5.26 Å². The summed E-state index contributed by atoms with van der Waals surface area (Å²) in [6.07, 6.45) is 1.32. The molecule has 1 aromatic carbocycles. The van der Waals surface area contributed by atoms with Gasteiger partial charge >= 0.3 is 0 Å². The molecule has 0 bridgehead atoms. The molecular formula is C11H11Br2NO. The summed E-state index contributed by atoms with van der Waals surface area (Å²) in [5.74, 6) is 0.852. The molecule has 0 aliphatic heterocycles. The summed E-state index contributed by atoms with van der Waals surface area (Å²) in [7, 11) is 0. The third-order valence-electron chi connectivity index (χ3n) is 1.86. The van der Waals surface area contributed by atoms with Crippen molar-refractivity contribution in [1.82, 2.24) is 0 Å². The van der Waals surface area contributed by atoms with Gasteiger partial charge in [-0.3, -0.25) is 0 Å². The maximum atomic E-state index is 8.36. The number of rotatable bonds is 5. The van der Waals surface area contributed by atoms with Gasteiger partial charge in [0.2, 0.25) is 0 Å². The van der Waals surface area contributed by atoms with Crippen LogP contribution < -0.4 is 4.74 Å². The molecule has 0 aliphatic carbocycles. The molecule has 15 heavy (non-hydrogen) atoms. The minimum absolute atomic E-state index is 0.543. The fourth-order valence-corrected chi connectivity index (χ4v) is 2.31. The van der Waals surface area contributed by atoms with Crippen LogP contribution in [-0.2, 0) is 5.33 Å². The predicted molar refractivity (Wildman–Crippen MR) is 67.1 cm³/mol. The summed E-state index contributed by atoms with van der Waals surface area (Å²) in [5.41, 5.74) is 1.16. The van der Waals surface area contributed by atoms with Crippen molar-refractivity contribution in [3.05, 3.63) is 28.2 Å². The van der Waals surface area contributed by atoms with Crippen LogP contribution in [0.4, 0.5) is 0 Å². The standard InChI is InChI=1S/C11H11Br2NO/c12-8-9-7-10(3-4-11(9)13)15-6-2-1-5-14/h3-4,7H,1-2,6,8H2. The Balaban J connectivity index is 2.52. The highest BCUT2D eigenvalue weighted by molar-refractivity contribution is 9.10. The molecule has 0 saturated heterocycles. The molecule has 0 saturated carbocycles. The van der Waals surface area contributed by atoms with Crippen LogP contribution >= 0.6 is 31.9 Å². The first-order valence-corrected chi connectivity index (χ1v) is 6.53. The van der Waals surface area contributed by atoms with Gasteiger partial charge in [0, 0.05) is 16.2 Å². The van der Waals surface area contributed by atoms with Crippen molar-refractivity contribution in [2.75, 3.05) is 6.61 Å². The molecule has 0 aliphatic rings. The normalized spacial score (nSPS) is 9.67. The second-order valence-corrected chi connectivity index (χ2v) is 4.41. The van der Waals surface area contributed by atoms with Crippen LogP contribution in [0.3, 0.4) is 0 Å². The second-order valence-electron chi connectivity index (χ2n) is 3.00. The smallest absolute Gasteiger partial charge is 0.119 e. The van der Waals surface area contributed by atoms with Crippen LogP contribution in [0, 0.1) is 11.3 Å². The molecule has 0 N–H and O–H groups in total. The topological polar surface area (TPSA) is 33.0 Å². The summed E-state index contributed by atoms with van der Waals surface area (Å²) in [5, 5.41) is 9.16. The highest BCUT2D eigenvalue weighted by Gasteiger charge is 2.00. The van der Waals surface area contributed by atoms with Gasteiger partial charge < -0.3 is 4.74 Å². The Kier molecular flexibility index (Phi) is 5.74. The molecule has 0 heterocycles. The molecule has 0 amide bonds. The maximum absolute atomic E-state index is 8.36. The lowest BCUT2D eigenvalue weighted by molar-refractivity contribution is 0.312. The lowest BCUT2D eigenvalue weighted by Gasteiger charge is -2.07. The van der Waals surface area contributed by atoms with Gasteiger partial charge in [0.15, 0.2) is 0 Å². The quantitative estimate of drug-likeness (QED) is 0.602. The Bertz CT molecular complexity index is 360. The maximum Gasteiger partial charge on any atom is 0.119 e. The van der Waals surface area contributed by atoms with Gasteiger partial charge in [-0.25, -0.2) is 0 Å². The molecule has 0 radical (unpaired) electrons. The molecule has 0 atom stereocenters. The zero-order valence-corrected chi connectivity index (χ0v) is 11.3. The van der Waals surface area contributed by atoms with Gasteiger partial charge in [0.05, 0.1) is 12.7 Å². The highest BCUT2D eigenvalue weighted by Crippen LogP contribution is 2.24. The first-order chi connectivity index (χ1) is 7.27. The van der Waals surface area contributed by atoms with Crippen LogP contribution in [-0.4, -0.2) is 6.61 Å². The largest absolute Gasteiger partial charge is 0.494 e. The molecule has 1 rings (SSSR count). The molecule has 2 nitrogen and oxygen atoms in total. The van der Waals surface area contributed by atoms with Crippen LogP contribution in [0.2, 0.25) is 0 Å². The van der Waals surface area contributed by atoms with Gasteiger partial charge in [-0.1, -0.05) is 31.9 Å². The first kappa shape index (κ1) is 12.5. The van der Waals surface area contributed by atoms with Gasteiger partial charge in [0.25, 0.3) is 0 Å². The Morgan fingerprint density at radius 1 is 1.40 bits per heavy atom. The molecule has 0 unspecified atom stereocenters. The number of hydrogen-bond acceptors (Lipinski definition) is 2. The van der Waals surface area contributed by atoms with Gasteiger partial charge in [-0.05, 0) is 30.2 Å². The summed E-state index contributed by atoms with van der Waals surface area (Å²) in [4.78, 5) is 0. The van der Waals surface area contributed by atoms with E-state index in [2.05, 4.69) is 37.9 Å². The zero-order valence-electron chi connectivity index (χ0n) is 8.17. The van der Waals surface area contributed by atoms with Gasteiger partial charge in [0.1, 0.15) is 5.75 Å². The van der Waals surface area contributed by atoms with E-state index in [-0.39, 0.29) is 0 Å². The average molecular weight is 333 g/mol. The SMILES string of the molecule is N#CCCCOc1ccc(Br)c(CBr)c1. The van der Waals surface area contributed by atoms with E-state index in [1.165, 1.54) is 0 Å². The van der Waals surface area contributed by atoms with Crippen molar-refractivity contribution in [2.24, 2.45) is 0 Å². The molecule has 80 valence electrons. The van der Waals surface area contributed by atoms with E-state index < -0.39 is 0 Å². The van der Waals surface area contributed by atoms with Crippen molar-refractivity contribution in [1.29, 1.82) is 5.26 Å². The average Bonchev–Trinajstić information content (AvgIpc) is 2.26. The summed E-state index contributed by atoms with van der Waals surface area (Å²) in [6.45, 7) is 0.594. The number of hydrogen-bond donors (Lipinski definition) is 0. The summed E-state index contributed by atoms with van der Waals surface area (Å²) >= 11 is 6.86. The van der Waals surface area contributed by atoms with Crippen molar-refractivity contribution in [3.8, 4) is 11.8 Å². The number of nitriles is 1. The molecule has 4 heteroatoms. The van der Waals surface area contributed by atoms with E-state index in [1.54, 1.807) is 0 Å². The lowest BCUT2D eigenvalue weighted by atomic mass is 10.2. The third kappa shape index (κ3) is 4.23. The van der Waals surface area contributed by atoms with Crippen LogP contribution in [0.1, 0.15) is 18.4 Å². The second kappa shape index (κ2) is 6.86. The van der Waals surface area contributed by atoms with E-state index in [1.807, 2.05) is 18.2 Å². The van der Waals surface area contributed by atoms with E-state index in [9.17, 15) is 0 Å². The van der Waals surface area contributed by atoms with Crippen LogP contribution in [0.5, 0.6) is 5.75 Å². The number of halogens is 2. The van der Waals surface area contributed by atoms with Crippen molar-refractivity contribution >= 4 is 31.9 Å². The van der Waals surface area contributed by atoms with Crippen molar-refractivity contribution in [3.63, 3.8) is 0 Å². The van der Waals surface area contributed by atoms with Crippen LogP contribution in [0.25, 0.3) is 0 Å². The Labute approximate surface area is 106 Å². The minimum Gasteiger partial charge on any atom is -0.494 e. The summed E-state index contributed by atoms with van der Waals surface area (Å²) < 4.78 is 6.59. The lowest BCUT2D eigenvalue weighted by Crippen LogP contribution is -1.97. The third-order valence-corrected chi connectivity index (χ3v) is 3.24. The summed E-state index contributed by atoms with van der Waals surface area (Å²) in [6, 6.07) is 7.97. The predicted octanol–water partition coefficient (Wildman–Crippen LogP) is 4.03. The molecule has 0 spiro atoms. The monoisotopic (exact) mass is 331 g/mol. The fourth-order valence-electron chi connectivity index (χ4n) is 1.08. The number of unbranched alkanes of at least 4 members (excludes halogenated alkanes) is 1. The Morgan fingerprint density at radius 2 is 2.20 bits per heavy atom. The fraction of sp³-hybridized carbons (Fsp3) is 0.364. The van der Waals surface area contributed by atoms with E-state index in [0.29, 0.717) is 13.0 Å². The number of alkyl halides is 1. The highest BCUT2D eigenvalue weighted by atomic mass is 79.9. The molecule has 0 aromatic heterocycles. The minimum atomic E-state index is 0.543. The van der Waals surface area contributed by atoms with E-state index in [0.717, 1.165) is 27.5 Å². The molecule has 1 aromatic rings. The Morgan fingerprint density at radius 3 is 2.87 bits per heavy atom. The zero-order chi connectivity index (χ0) is 11.1.